The van der Waals surface area contributed by atoms with Crippen molar-refractivity contribution < 1.29 is 14.3 Å². The van der Waals surface area contributed by atoms with Crippen LogP contribution in [-0.4, -0.2) is 17.6 Å². The van der Waals surface area contributed by atoms with Crippen LogP contribution in [0.2, 0.25) is 5.02 Å². The van der Waals surface area contributed by atoms with E-state index >= 15 is 0 Å². The molecule has 1 N–H and O–H groups in total. The third-order valence-electron chi connectivity index (χ3n) is 4.55. The number of allylic oxidation sites excluding steroid dienone is 1. The average molecular weight is 379 g/mol. The van der Waals surface area contributed by atoms with Crippen molar-refractivity contribution in [2.24, 2.45) is 0 Å². The molecule has 4 rings (SSSR count). The number of H-pyrrole nitrogens is 1. The molecule has 6 heteroatoms. The summed E-state index contributed by atoms with van der Waals surface area (Å²) in [6.45, 7) is 2.16. The highest BCUT2D eigenvalue weighted by molar-refractivity contribution is 6.32. The van der Waals surface area contributed by atoms with Gasteiger partial charge in [-0.1, -0.05) is 36.7 Å². The smallest absolute Gasteiger partial charge is 0.231 e. The summed E-state index contributed by atoms with van der Waals surface area (Å²) in [5.41, 5.74) is 3.14. The topological polar surface area (TPSA) is 75.1 Å². The molecule has 1 aliphatic rings. The number of hydrogen-bond donors (Lipinski definition) is 1. The zero-order valence-electron chi connectivity index (χ0n) is 14.5. The molecule has 0 amide bonds. The van der Waals surface area contributed by atoms with Crippen molar-refractivity contribution in [1.29, 1.82) is 5.26 Å². The Morgan fingerprint density at radius 1 is 1.37 bits per heavy atom. The molecule has 0 unspecified atom stereocenters. The highest BCUT2D eigenvalue weighted by Crippen LogP contribution is 2.40. The number of Topliss-reactive ketones (excluding diaryl/α,β-unsaturated/α-hetero) is 1. The van der Waals surface area contributed by atoms with E-state index in [0.717, 1.165) is 22.9 Å². The number of rotatable bonds is 4. The van der Waals surface area contributed by atoms with Gasteiger partial charge in [-0.2, -0.15) is 5.26 Å². The zero-order valence-corrected chi connectivity index (χ0v) is 15.3. The first-order valence-corrected chi connectivity index (χ1v) is 8.84. The molecule has 0 saturated heterocycles. The molecule has 0 spiro atoms. The molecule has 3 aromatic rings. The monoisotopic (exact) mass is 378 g/mol. The first kappa shape index (κ1) is 17.2. The van der Waals surface area contributed by atoms with E-state index in [1.807, 2.05) is 24.3 Å². The third-order valence-corrected chi connectivity index (χ3v) is 4.83. The Bertz CT molecular complexity index is 1140. The number of ketones is 1. The number of aromatic amines is 1. The molecule has 0 saturated carbocycles. The molecule has 1 aromatic heterocycles. The predicted octanol–water partition coefficient (Wildman–Crippen LogP) is 4.90. The molecular weight excluding hydrogens is 364 g/mol. The first-order chi connectivity index (χ1) is 13.1. The number of ether oxygens (including phenoxy) is 2. The summed E-state index contributed by atoms with van der Waals surface area (Å²) in [6.07, 6.45) is 4.02. The SMILES string of the molecule is CCc1cccc2c(C(=O)/C(C#N)=C\c3cc(Cl)c4c(c3)OCO4)c[nH]c12. The number of benzene rings is 2. The number of nitriles is 1. The van der Waals surface area contributed by atoms with E-state index in [4.69, 9.17) is 21.1 Å². The molecule has 0 radical (unpaired) electrons. The molecule has 0 bridgehead atoms. The maximum Gasteiger partial charge on any atom is 0.231 e. The van der Waals surface area contributed by atoms with Gasteiger partial charge in [0.2, 0.25) is 12.6 Å². The Labute approximate surface area is 160 Å². The molecule has 2 heterocycles. The number of hydrogen-bond acceptors (Lipinski definition) is 4. The van der Waals surface area contributed by atoms with Crippen molar-refractivity contribution in [3.8, 4) is 17.6 Å². The third kappa shape index (κ3) is 2.94. The van der Waals surface area contributed by atoms with Gasteiger partial charge < -0.3 is 14.5 Å². The maximum atomic E-state index is 13.0. The van der Waals surface area contributed by atoms with E-state index in [1.54, 1.807) is 18.3 Å². The van der Waals surface area contributed by atoms with Gasteiger partial charge >= 0.3 is 0 Å². The van der Waals surface area contributed by atoms with Crippen LogP contribution in [0.25, 0.3) is 17.0 Å². The van der Waals surface area contributed by atoms with Crippen LogP contribution in [-0.2, 0) is 6.42 Å². The highest BCUT2D eigenvalue weighted by Gasteiger charge is 2.20. The largest absolute Gasteiger partial charge is 0.454 e. The number of nitrogens with one attached hydrogen (secondary N) is 1. The lowest BCUT2D eigenvalue weighted by Gasteiger charge is -2.03. The van der Waals surface area contributed by atoms with Gasteiger partial charge in [0.15, 0.2) is 11.5 Å². The fourth-order valence-corrected chi connectivity index (χ4v) is 3.50. The molecule has 1 aliphatic heterocycles. The van der Waals surface area contributed by atoms with Crippen molar-refractivity contribution in [2.75, 3.05) is 6.79 Å². The van der Waals surface area contributed by atoms with E-state index in [-0.39, 0.29) is 18.1 Å². The van der Waals surface area contributed by atoms with Gasteiger partial charge in [-0.15, -0.1) is 0 Å². The number of nitrogens with zero attached hydrogens (tertiary/aromatic N) is 1. The van der Waals surface area contributed by atoms with Crippen LogP contribution in [0.3, 0.4) is 0 Å². The van der Waals surface area contributed by atoms with Crippen molar-refractivity contribution in [1.82, 2.24) is 4.98 Å². The van der Waals surface area contributed by atoms with Gasteiger partial charge in [-0.25, -0.2) is 0 Å². The second-order valence-corrected chi connectivity index (χ2v) is 6.54. The van der Waals surface area contributed by atoms with E-state index in [0.29, 0.717) is 27.6 Å². The molecule has 0 aliphatic carbocycles. The van der Waals surface area contributed by atoms with E-state index < -0.39 is 0 Å². The number of aromatic nitrogens is 1. The summed E-state index contributed by atoms with van der Waals surface area (Å²) in [5.74, 6) is 0.631. The van der Waals surface area contributed by atoms with Crippen molar-refractivity contribution in [3.63, 3.8) is 0 Å². The van der Waals surface area contributed by atoms with Crippen LogP contribution in [0, 0.1) is 11.3 Å². The molecule has 2 aromatic carbocycles. The quantitative estimate of drug-likeness (QED) is 0.398. The highest BCUT2D eigenvalue weighted by atomic mass is 35.5. The lowest BCUT2D eigenvalue weighted by Crippen LogP contribution is -2.01. The lowest BCUT2D eigenvalue weighted by atomic mass is 9.99. The maximum absolute atomic E-state index is 13.0. The first-order valence-electron chi connectivity index (χ1n) is 8.47. The number of fused-ring (bicyclic) bond motifs is 2. The van der Waals surface area contributed by atoms with Gasteiger partial charge in [0.1, 0.15) is 11.6 Å². The van der Waals surface area contributed by atoms with Gasteiger partial charge in [-0.05, 0) is 35.8 Å². The van der Waals surface area contributed by atoms with Crippen LogP contribution in [0.5, 0.6) is 11.5 Å². The second-order valence-electron chi connectivity index (χ2n) is 6.13. The van der Waals surface area contributed by atoms with E-state index in [2.05, 4.69) is 11.9 Å². The van der Waals surface area contributed by atoms with E-state index in [9.17, 15) is 10.1 Å². The standard InChI is InChI=1S/C21H15ClN2O3/c1-2-13-4-3-5-15-16(10-24-19(13)15)20(25)14(9-23)6-12-7-17(22)21-18(8-12)26-11-27-21/h3-8,10,24H,2,11H2,1H3/b14-6-. The summed E-state index contributed by atoms with van der Waals surface area (Å²) < 4.78 is 10.6. The summed E-state index contributed by atoms with van der Waals surface area (Å²) in [6, 6.07) is 11.2. The lowest BCUT2D eigenvalue weighted by molar-refractivity contribution is 0.104. The minimum Gasteiger partial charge on any atom is -0.454 e. The Morgan fingerprint density at radius 3 is 3.00 bits per heavy atom. The van der Waals surface area contributed by atoms with Crippen LogP contribution in [0.1, 0.15) is 28.4 Å². The van der Waals surface area contributed by atoms with Crippen LogP contribution < -0.4 is 9.47 Å². The molecule has 134 valence electrons. The Balaban J connectivity index is 1.76. The summed E-state index contributed by atoms with van der Waals surface area (Å²) in [7, 11) is 0. The van der Waals surface area contributed by atoms with E-state index in [1.165, 1.54) is 6.08 Å². The van der Waals surface area contributed by atoms with Crippen LogP contribution >= 0.6 is 11.6 Å². The Kier molecular flexibility index (Phi) is 4.35. The molecule has 0 atom stereocenters. The minimum absolute atomic E-state index is 0.0210. The van der Waals surface area contributed by atoms with Gasteiger partial charge in [0.25, 0.3) is 0 Å². The number of carbonyl (C=O) groups is 1. The molecule has 5 nitrogen and oxygen atoms in total. The average Bonchev–Trinajstić information content (AvgIpc) is 3.32. The Hall–Kier alpha value is -3.23. The van der Waals surface area contributed by atoms with Gasteiger partial charge in [0, 0.05) is 22.7 Å². The summed E-state index contributed by atoms with van der Waals surface area (Å²) >= 11 is 6.18. The molecular formula is C21H15ClN2O3. The van der Waals surface area contributed by atoms with Crippen molar-refractivity contribution in [2.45, 2.75) is 13.3 Å². The fourth-order valence-electron chi connectivity index (χ4n) is 3.23. The number of aryl methyl sites for hydroxylation is 1. The van der Waals surface area contributed by atoms with Gasteiger partial charge in [0.05, 0.1) is 5.02 Å². The summed E-state index contributed by atoms with van der Waals surface area (Å²) in [4.78, 5) is 16.1. The van der Waals surface area contributed by atoms with Crippen molar-refractivity contribution in [3.05, 3.63) is 63.8 Å². The van der Waals surface area contributed by atoms with Gasteiger partial charge in [-0.3, -0.25) is 4.79 Å². The zero-order chi connectivity index (χ0) is 19.0. The number of para-hydroxylation sites is 1. The normalized spacial score (nSPS) is 13.0. The van der Waals surface area contributed by atoms with Crippen LogP contribution in [0.4, 0.5) is 0 Å². The Morgan fingerprint density at radius 2 is 2.22 bits per heavy atom. The minimum atomic E-state index is -0.342. The number of carbonyl (C=O) groups excluding carboxylic acids is 1. The second kappa shape index (κ2) is 6.82. The fraction of sp³-hybridized carbons (Fsp3) is 0.143. The predicted molar refractivity (Wildman–Crippen MR) is 103 cm³/mol. The molecule has 27 heavy (non-hydrogen) atoms. The van der Waals surface area contributed by atoms with Crippen LogP contribution in [0.15, 0.2) is 42.1 Å². The molecule has 0 fully saturated rings. The summed E-state index contributed by atoms with van der Waals surface area (Å²) in [5, 5.41) is 10.7. The number of halogens is 1. The van der Waals surface area contributed by atoms with Crippen molar-refractivity contribution >= 4 is 34.4 Å².